The first kappa shape index (κ1) is 12.9. The highest BCUT2D eigenvalue weighted by atomic mass is 79.9. The largest absolute Gasteiger partial charge is 0.342 e. The smallest absolute Gasteiger partial charge is 0.321 e. The van der Waals surface area contributed by atoms with Crippen LogP contribution < -0.4 is 5.32 Å². The molecular formula is C12H14BrN3O2. The van der Waals surface area contributed by atoms with Crippen molar-refractivity contribution in [2.24, 2.45) is 0 Å². The molecule has 1 aliphatic rings. The highest BCUT2D eigenvalue weighted by Gasteiger charge is 2.19. The Kier molecular flexibility index (Phi) is 4.19. The van der Waals surface area contributed by atoms with Crippen molar-refractivity contribution in [2.75, 3.05) is 31.5 Å². The van der Waals surface area contributed by atoms with Crippen molar-refractivity contribution in [2.45, 2.75) is 0 Å². The van der Waals surface area contributed by atoms with Crippen molar-refractivity contribution in [3.63, 3.8) is 0 Å². The van der Waals surface area contributed by atoms with Crippen LogP contribution in [0.5, 0.6) is 0 Å². The molecule has 1 aromatic rings. The highest BCUT2D eigenvalue weighted by molar-refractivity contribution is 9.10. The van der Waals surface area contributed by atoms with E-state index in [2.05, 4.69) is 21.2 Å². The zero-order valence-corrected chi connectivity index (χ0v) is 11.4. The standard InChI is InChI=1S/C12H14BrN3O2/c13-10-2-1-3-11(8-10)14-12(18)16-6-4-15(9-17)5-7-16/h1-3,8-9H,4-7H2,(H,14,18). The molecule has 0 spiro atoms. The number of benzene rings is 1. The topological polar surface area (TPSA) is 52.7 Å². The van der Waals surface area contributed by atoms with Gasteiger partial charge in [-0.25, -0.2) is 4.79 Å². The van der Waals surface area contributed by atoms with Gasteiger partial charge in [-0.1, -0.05) is 22.0 Å². The lowest BCUT2D eigenvalue weighted by Gasteiger charge is -2.32. The molecule has 0 saturated carbocycles. The second-order valence-electron chi connectivity index (χ2n) is 4.07. The molecule has 0 radical (unpaired) electrons. The van der Waals surface area contributed by atoms with E-state index in [1.165, 1.54) is 0 Å². The van der Waals surface area contributed by atoms with E-state index in [9.17, 15) is 9.59 Å². The third-order valence-corrected chi connectivity index (χ3v) is 3.32. The predicted molar refractivity (Wildman–Crippen MR) is 72.4 cm³/mol. The van der Waals surface area contributed by atoms with Crippen molar-refractivity contribution in [1.82, 2.24) is 9.80 Å². The number of amides is 3. The van der Waals surface area contributed by atoms with E-state index in [0.29, 0.717) is 26.2 Å². The Morgan fingerprint density at radius 1 is 1.28 bits per heavy atom. The molecule has 3 amide bonds. The van der Waals surface area contributed by atoms with Gasteiger partial charge in [0.2, 0.25) is 6.41 Å². The van der Waals surface area contributed by atoms with Crippen LogP contribution in [-0.2, 0) is 4.79 Å². The van der Waals surface area contributed by atoms with Crippen LogP contribution in [0.4, 0.5) is 10.5 Å². The van der Waals surface area contributed by atoms with Gasteiger partial charge in [-0.3, -0.25) is 4.79 Å². The number of nitrogens with zero attached hydrogens (tertiary/aromatic N) is 2. The second-order valence-corrected chi connectivity index (χ2v) is 4.98. The maximum Gasteiger partial charge on any atom is 0.321 e. The van der Waals surface area contributed by atoms with Crippen LogP contribution in [0.15, 0.2) is 28.7 Å². The summed E-state index contributed by atoms with van der Waals surface area (Å²) in [5.41, 5.74) is 0.757. The SMILES string of the molecule is O=CN1CCN(C(=O)Nc2cccc(Br)c2)CC1. The first-order chi connectivity index (χ1) is 8.69. The van der Waals surface area contributed by atoms with Crippen molar-refractivity contribution in [3.8, 4) is 0 Å². The maximum absolute atomic E-state index is 12.0. The van der Waals surface area contributed by atoms with Crippen LogP contribution in [-0.4, -0.2) is 48.4 Å². The zero-order chi connectivity index (χ0) is 13.0. The van der Waals surface area contributed by atoms with Crippen LogP contribution >= 0.6 is 15.9 Å². The molecule has 2 rings (SSSR count). The van der Waals surface area contributed by atoms with E-state index >= 15 is 0 Å². The normalized spacial score (nSPS) is 15.4. The molecule has 1 N–H and O–H groups in total. The van der Waals surface area contributed by atoms with Gasteiger partial charge in [0.25, 0.3) is 0 Å². The number of hydrogen-bond donors (Lipinski definition) is 1. The van der Waals surface area contributed by atoms with Crippen molar-refractivity contribution >= 4 is 34.1 Å². The molecule has 1 heterocycles. The zero-order valence-electron chi connectivity index (χ0n) is 9.80. The first-order valence-electron chi connectivity index (χ1n) is 5.70. The molecule has 5 nitrogen and oxygen atoms in total. The number of carbonyl (C=O) groups excluding carboxylic acids is 2. The molecule has 0 aliphatic carbocycles. The Bertz CT molecular complexity index is 445. The summed E-state index contributed by atoms with van der Waals surface area (Å²) in [6, 6.07) is 7.32. The Hall–Kier alpha value is -1.56. The van der Waals surface area contributed by atoms with Crippen LogP contribution in [0.1, 0.15) is 0 Å². The van der Waals surface area contributed by atoms with Gasteiger partial charge >= 0.3 is 6.03 Å². The third kappa shape index (κ3) is 3.22. The molecule has 0 aromatic heterocycles. The minimum absolute atomic E-state index is 0.126. The van der Waals surface area contributed by atoms with Gasteiger partial charge in [-0.2, -0.15) is 0 Å². The molecular weight excluding hydrogens is 298 g/mol. The molecule has 18 heavy (non-hydrogen) atoms. The summed E-state index contributed by atoms with van der Waals surface area (Å²) in [5.74, 6) is 0. The van der Waals surface area contributed by atoms with Gasteiger partial charge in [0.15, 0.2) is 0 Å². The van der Waals surface area contributed by atoms with E-state index in [1.54, 1.807) is 9.80 Å². The number of carbonyl (C=O) groups is 2. The Morgan fingerprint density at radius 2 is 2.00 bits per heavy atom. The predicted octanol–water partition coefficient (Wildman–Crippen LogP) is 1.75. The lowest BCUT2D eigenvalue weighted by Crippen LogP contribution is -2.49. The number of halogens is 1. The van der Waals surface area contributed by atoms with Crippen molar-refractivity contribution in [3.05, 3.63) is 28.7 Å². The number of urea groups is 1. The first-order valence-corrected chi connectivity index (χ1v) is 6.49. The van der Waals surface area contributed by atoms with Crippen LogP contribution in [0.25, 0.3) is 0 Å². The minimum Gasteiger partial charge on any atom is -0.342 e. The van der Waals surface area contributed by atoms with Crippen molar-refractivity contribution in [1.29, 1.82) is 0 Å². The Balaban J connectivity index is 1.91. The maximum atomic E-state index is 12.0. The van der Waals surface area contributed by atoms with E-state index in [1.807, 2.05) is 24.3 Å². The molecule has 1 saturated heterocycles. The molecule has 96 valence electrons. The lowest BCUT2D eigenvalue weighted by atomic mass is 10.3. The van der Waals surface area contributed by atoms with E-state index in [0.717, 1.165) is 16.6 Å². The molecule has 1 aromatic carbocycles. The Morgan fingerprint density at radius 3 is 2.61 bits per heavy atom. The van der Waals surface area contributed by atoms with Gasteiger partial charge in [-0.15, -0.1) is 0 Å². The second kappa shape index (κ2) is 5.86. The average molecular weight is 312 g/mol. The van der Waals surface area contributed by atoms with Crippen LogP contribution in [0, 0.1) is 0 Å². The fraction of sp³-hybridized carbons (Fsp3) is 0.333. The van der Waals surface area contributed by atoms with E-state index in [-0.39, 0.29) is 6.03 Å². The molecule has 0 atom stereocenters. The summed E-state index contributed by atoms with van der Waals surface area (Å²) in [7, 11) is 0. The lowest BCUT2D eigenvalue weighted by molar-refractivity contribution is -0.119. The number of rotatable bonds is 2. The van der Waals surface area contributed by atoms with E-state index in [4.69, 9.17) is 0 Å². The molecule has 6 heteroatoms. The van der Waals surface area contributed by atoms with Gasteiger partial charge in [-0.05, 0) is 18.2 Å². The number of hydrogen-bond acceptors (Lipinski definition) is 2. The van der Waals surface area contributed by atoms with Gasteiger partial charge in [0.05, 0.1) is 0 Å². The average Bonchev–Trinajstić information content (AvgIpc) is 2.39. The van der Waals surface area contributed by atoms with Crippen molar-refractivity contribution < 1.29 is 9.59 Å². The van der Waals surface area contributed by atoms with Gasteiger partial charge in [0.1, 0.15) is 0 Å². The van der Waals surface area contributed by atoms with Crippen LogP contribution in [0.3, 0.4) is 0 Å². The minimum atomic E-state index is -0.126. The monoisotopic (exact) mass is 311 g/mol. The van der Waals surface area contributed by atoms with Crippen LogP contribution in [0.2, 0.25) is 0 Å². The summed E-state index contributed by atoms with van der Waals surface area (Å²) in [4.78, 5) is 25.9. The third-order valence-electron chi connectivity index (χ3n) is 2.83. The summed E-state index contributed by atoms with van der Waals surface area (Å²) >= 11 is 3.35. The Labute approximate surface area is 114 Å². The summed E-state index contributed by atoms with van der Waals surface area (Å²) in [6.07, 6.45) is 0.823. The summed E-state index contributed by atoms with van der Waals surface area (Å²) < 4.78 is 0.922. The summed E-state index contributed by atoms with van der Waals surface area (Å²) in [5, 5.41) is 2.84. The number of anilines is 1. The van der Waals surface area contributed by atoms with E-state index < -0.39 is 0 Å². The molecule has 0 unspecified atom stereocenters. The summed E-state index contributed by atoms with van der Waals surface area (Å²) in [6.45, 7) is 2.32. The fourth-order valence-corrected chi connectivity index (χ4v) is 2.20. The quantitative estimate of drug-likeness (QED) is 0.846. The van der Waals surface area contributed by atoms with Gasteiger partial charge in [0, 0.05) is 36.3 Å². The molecule has 0 bridgehead atoms. The van der Waals surface area contributed by atoms with Gasteiger partial charge < -0.3 is 15.1 Å². The molecule has 1 fully saturated rings. The molecule has 1 aliphatic heterocycles. The fourth-order valence-electron chi connectivity index (χ4n) is 1.80. The highest BCUT2D eigenvalue weighted by Crippen LogP contribution is 2.16. The number of piperazine rings is 1. The number of nitrogens with one attached hydrogen (secondary N) is 1.